The molecule has 110 valence electrons. The van der Waals surface area contributed by atoms with Gasteiger partial charge in [-0.3, -0.25) is 15.0 Å². The maximum atomic E-state index is 10.9. The van der Waals surface area contributed by atoms with Crippen LogP contribution < -0.4 is 0 Å². The molecule has 2 heterocycles. The average Bonchev–Trinajstić information content (AvgIpc) is 3.08. The van der Waals surface area contributed by atoms with E-state index in [1.807, 2.05) is 18.3 Å². The summed E-state index contributed by atoms with van der Waals surface area (Å²) in [6.07, 6.45) is 5.88. The molecule has 1 saturated heterocycles. The largest absolute Gasteiger partial charge is 0.347 e. The molecule has 0 unspecified atom stereocenters. The lowest BCUT2D eigenvalue weighted by molar-refractivity contribution is -0.385. The van der Waals surface area contributed by atoms with Crippen LogP contribution in [0.25, 0.3) is 0 Å². The van der Waals surface area contributed by atoms with Gasteiger partial charge in [-0.15, -0.1) is 0 Å². The molecule has 1 N–H and O–H groups in total. The molecule has 6 heteroatoms. The van der Waals surface area contributed by atoms with Crippen LogP contribution in [0.15, 0.2) is 30.6 Å². The van der Waals surface area contributed by atoms with Crippen molar-refractivity contribution < 1.29 is 4.92 Å². The highest BCUT2D eigenvalue weighted by Gasteiger charge is 2.27. The Kier molecular flexibility index (Phi) is 3.70. The zero-order valence-corrected chi connectivity index (χ0v) is 12.0. The summed E-state index contributed by atoms with van der Waals surface area (Å²) in [6.45, 7) is 3.61. The molecule has 1 aromatic carbocycles. The van der Waals surface area contributed by atoms with Crippen molar-refractivity contribution in [2.75, 3.05) is 6.54 Å². The Bertz CT molecular complexity index is 639. The number of aryl methyl sites for hydroxylation is 1. The minimum Gasteiger partial charge on any atom is -0.347 e. The standard InChI is InChI=1S/C15H18N4O2/c1-11-9-12(4-5-13(11)19(20)21)10-18-8-2-3-14(18)15-16-6-7-17-15/h4-7,9,14H,2-3,8,10H2,1H3,(H,16,17)/t14-/m1/s1. The van der Waals surface area contributed by atoms with Crippen LogP contribution in [0.1, 0.15) is 35.8 Å². The minimum atomic E-state index is -0.333. The lowest BCUT2D eigenvalue weighted by Crippen LogP contribution is -2.23. The Hall–Kier alpha value is -2.21. The molecule has 0 amide bonds. The number of aromatic amines is 1. The van der Waals surface area contributed by atoms with Crippen LogP contribution in [0.5, 0.6) is 0 Å². The molecule has 1 aromatic heterocycles. The summed E-state index contributed by atoms with van der Waals surface area (Å²) in [5, 5.41) is 10.9. The summed E-state index contributed by atoms with van der Waals surface area (Å²) in [5.41, 5.74) is 2.01. The normalized spacial score (nSPS) is 19.0. The van der Waals surface area contributed by atoms with E-state index >= 15 is 0 Å². The number of benzene rings is 1. The van der Waals surface area contributed by atoms with Crippen LogP contribution in [-0.4, -0.2) is 26.3 Å². The van der Waals surface area contributed by atoms with E-state index in [1.165, 1.54) is 0 Å². The Morgan fingerprint density at radius 3 is 3.05 bits per heavy atom. The highest BCUT2D eigenvalue weighted by molar-refractivity contribution is 5.41. The lowest BCUT2D eigenvalue weighted by atomic mass is 10.1. The number of nitrogens with one attached hydrogen (secondary N) is 1. The third-order valence-electron chi connectivity index (χ3n) is 4.04. The van der Waals surface area contributed by atoms with Crippen LogP contribution in [0.3, 0.4) is 0 Å². The van der Waals surface area contributed by atoms with Gasteiger partial charge in [0.2, 0.25) is 0 Å². The number of H-pyrrole nitrogens is 1. The zero-order chi connectivity index (χ0) is 14.8. The van der Waals surface area contributed by atoms with Gasteiger partial charge in [-0.25, -0.2) is 4.98 Å². The average molecular weight is 286 g/mol. The summed E-state index contributed by atoms with van der Waals surface area (Å²) < 4.78 is 0. The van der Waals surface area contributed by atoms with Gasteiger partial charge in [0, 0.05) is 30.6 Å². The molecule has 3 rings (SSSR count). The van der Waals surface area contributed by atoms with Crippen molar-refractivity contribution in [1.29, 1.82) is 0 Å². The summed E-state index contributed by atoms with van der Waals surface area (Å²) >= 11 is 0. The number of rotatable bonds is 4. The van der Waals surface area contributed by atoms with Gasteiger partial charge in [0.05, 0.1) is 11.0 Å². The number of aromatic nitrogens is 2. The van der Waals surface area contributed by atoms with Crippen molar-refractivity contribution in [3.05, 3.63) is 57.7 Å². The molecular formula is C15H18N4O2. The smallest absolute Gasteiger partial charge is 0.272 e. The van der Waals surface area contributed by atoms with Crippen LogP contribution in [-0.2, 0) is 6.54 Å². The molecule has 1 aliphatic heterocycles. The molecule has 0 aliphatic carbocycles. The van der Waals surface area contributed by atoms with Gasteiger partial charge < -0.3 is 4.98 Å². The highest BCUT2D eigenvalue weighted by Crippen LogP contribution is 2.31. The number of hydrogen-bond donors (Lipinski definition) is 1. The Balaban J connectivity index is 1.77. The van der Waals surface area contributed by atoms with Crippen molar-refractivity contribution in [2.45, 2.75) is 32.4 Å². The first kappa shape index (κ1) is 13.8. The van der Waals surface area contributed by atoms with Crippen LogP contribution in [0, 0.1) is 17.0 Å². The Labute approximate surface area is 123 Å². The van der Waals surface area contributed by atoms with E-state index in [4.69, 9.17) is 0 Å². The van der Waals surface area contributed by atoms with E-state index in [2.05, 4.69) is 14.9 Å². The van der Waals surface area contributed by atoms with Crippen molar-refractivity contribution in [3.63, 3.8) is 0 Å². The molecular weight excluding hydrogens is 268 g/mol. The quantitative estimate of drug-likeness (QED) is 0.692. The second-order valence-electron chi connectivity index (χ2n) is 5.48. The van der Waals surface area contributed by atoms with Gasteiger partial charge >= 0.3 is 0 Å². The number of likely N-dealkylation sites (tertiary alicyclic amines) is 1. The maximum absolute atomic E-state index is 10.9. The molecule has 1 fully saturated rings. The van der Waals surface area contributed by atoms with Crippen molar-refractivity contribution >= 4 is 5.69 Å². The predicted molar refractivity (Wildman–Crippen MR) is 78.8 cm³/mol. The second kappa shape index (κ2) is 5.65. The van der Waals surface area contributed by atoms with Crippen molar-refractivity contribution in [3.8, 4) is 0 Å². The predicted octanol–water partition coefficient (Wildman–Crippen LogP) is 2.96. The first-order chi connectivity index (χ1) is 10.1. The summed E-state index contributed by atoms with van der Waals surface area (Å²) in [7, 11) is 0. The molecule has 1 aliphatic rings. The van der Waals surface area contributed by atoms with E-state index < -0.39 is 0 Å². The molecule has 0 saturated carbocycles. The Morgan fingerprint density at radius 2 is 2.38 bits per heavy atom. The molecule has 2 aromatic rings. The first-order valence-electron chi connectivity index (χ1n) is 7.12. The fraction of sp³-hybridized carbons (Fsp3) is 0.400. The van der Waals surface area contributed by atoms with E-state index in [-0.39, 0.29) is 10.6 Å². The van der Waals surface area contributed by atoms with Gasteiger partial charge in [0.1, 0.15) is 5.82 Å². The van der Waals surface area contributed by atoms with Crippen LogP contribution in [0.4, 0.5) is 5.69 Å². The molecule has 0 bridgehead atoms. The van der Waals surface area contributed by atoms with E-state index in [0.717, 1.165) is 37.3 Å². The number of nitrogens with zero attached hydrogens (tertiary/aromatic N) is 3. The van der Waals surface area contributed by atoms with E-state index in [1.54, 1.807) is 19.2 Å². The second-order valence-corrected chi connectivity index (χ2v) is 5.48. The minimum absolute atomic E-state index is 0.183. The van der Waals surface area contributed by atoms with Crippen LogP contribution in [0.2, 0.25) is 0 Å². The molecule has 6 nitrogen and oxygen atoms in total. The number of imidazole rings is 1. The van der Waals surface area contributed by atoms with Gasteiger partial charge in [-0.2, -0.15) is 0 Å². The van der Waals surface area contributed by atoms with Gasteiger partial charge in [-0.1, -0.05) is 6.07 Å². The molecule has 0 spiro atoms. The summed E-state index contributed by atoms with van der Waals surface area (Å²) in [5.74, 6) is 1.01. The highest BCUT2D eigenvalue weighted by atomic mass is 16.6. The fourth-order valence-electron chi connectivity index (χ4n) is 3.04. The third kappa shape index (κ3) is 2.80. The van der Waals surface area contributed by atoms with E-state index in [9.17, 15) is 10.1 Å². The first-order valence-corrected chi connectivity index (χ1v) is 7.12. The summed E-state index contributed by atoms with van der Waals surface area (Å²) in [4.78, 5) is 20.5. The zero-order valence-electron chi connectivity index (χ0n) is 12.0. The van der Waals surface area contributed by atoms with Gasteiger partial charge in [-0.05, 0) is 37.9 Å². The summed E-state index contributed by atoms with van der Waals surface area (Å²) in [6, 6.07) is 5.68. The Morgan fingerprint density at radius 1 is 1.52 bits per heavy atom. The van der Waals surface area contributed by atoms with Gasteiger partial charge in [0.25, 0.3) is 5.69 Å². The lowest BCUT2D eigenvalue weighted by Gasteiger charge is -2.23. The maximum Gasteiger partial charge on any atom is 0.272 e. The molecule has 1 atom stereocenters. The fourth-order valence-corrected chi connectivity index (χ4v) is 3.04. The number of hydrogen-bond acceptors (Lipinski definition) is 4. The van der Waals surface area contributed by atoms with Crippen molar-refractivity contribution in [1.82, 2.24) is 14.9 Å². The third-order valence-corrected chi connectivity index (χ3v) is 4.04. The number of nitro benzene ring substituents is 1. The SMILES string of the molecule is Cc1cc(CN2CCC[C@@H]2c2ncc[nH]2)ccc1[N+](=O)[O-]. The van der Waals surface area contributed by atoms with E-state index in [0.29, 0.717) is 11.6 Å². The van der Waals surface area contributed by atoms with Crippen LogP contribution >= 0.6 is 0 Å². The van der Waals surface area contributed by atoms with Gasteiger partial charge in [0.15, 0.2) is 0 Å². The topological polar surface area (TPSA) is 75.1 Å². The molecule has 21 heavy (non-hydrogen) atoms. The number of nitro groups is 1. The monoisotopic (exact) mass is 286 g/mol. The molecule has 0 radical (unpaired) electrons. The van der Waals surface area contributed by atoms with Crippen molar-refractivity contribution in [2.24, 2.45) is 0 Å².